The molecule has 2 rings (SSSR count). The first kappa shape index (κ1) is 12.6. The van der Waals surface area contributed by atoms with Crippen LogP contribution in [0, 0.1) is 0 Å². The summed E-state index contributed by atoms with van der Waals surface area (Å²) in [5.41, 5.74) is 1.20. The van der Waals surface area contributed by atoms with E-state index in [-0.39, 0.29) is 0 Å². The van der Waals surface area contributed by atoms with Crippen molar-refractivity contribution in [2.45, 2.75) is 6.61 Å². The van der Waals surface area contributed by atoms with E-state index in [1.807, 2.05) is 24.3 Å². The molecule has 0 bridgehead atoms. The van der Waals surface area contributed by atoms with Crippen molar-refractivity contribution in [1.29, 1.82) is 0 Å². The van der Waals surface area contributed by atoms with Crippen molar-refractivity contribution in [3.05, 3.63) is 62.8 Å². The molecule has 0 fully saturated rings. The molecule has 0 aliphatic rings. The Hall–Kier alpha value is -0.900. The second kappa shape index (κ2) is 6.74. The molecule has 0 atom stereocenters. The van der Waals surface area contributed by atoms with Crippen molar-refractivity contribution in [3.63, 3.8) is 0 Å². The summed E-state index contributed by atoms with van der Waals surface area (Å²) in [5, 5.41) is 2.07. The number of halogens is 1. The Morgan fingerprint density at radius 1 is 1.24 bits per heavy atom. The van der Waals surface area contributed by atoms with Gasteiger partial charge in [0.15, 0.2) is 0 Å². The average molecular weight is 309 g/mol. The number of ether oxygens (including phenoxy) is 1. The van der Waals surface area contributed by atoms with Crippen LogP contribution in [0.4, 0.5) is 0 Å². The SMILES string of the molecule is Brc1csc(COCC=Cc2ccccc2)c1. The van der Waals surface area contributed by atoms with E-state index < -0.39 is 0 Å². The van der Waals surface area contributed by atoms with Crippen LogP contribution in [0.25, 0.3) is 6.08 Å². The molecule has 0 saturated carbocycles. The Kier molecular flexibility index (Phi) is 4.98. The third-order valence-electron chi connectivity index (χ3n) is 2.19. The molecule has 1 nitrogen and oxygen atoms in total. The van der Waals surface area contributed by atoms with Crippen LogP contribution in [0.15, 0.2) is 52.3 Å². The maximum absolute atomic E-state index is 5.56. The molecule has 0 aliphatic carbocycles. The number of rotatable bonds is 5. The molecule has 1 aromatic heterocycles. The van der Waals surface area contributed by atoms with Crippen molar-refractivity contribution in [2.24, 2.45) is 0 Å². The fourth-order valence-corrected chi connectivity index (χ4v) is 2.79. The summed E-state index contributed by atoms with van der Waals surface area (Å²) in [6, 6.07) is 12.3. The summed E-state index contributed by atoms with van der Waals surface area (Å²) in [6.07, 6.45) is 4.11. The molecular formula is C14H13BrOS. The highest BCUT2D eigenvalue weighted by molar-refractivity contribution is 9.10. The van der Waals surface area contributed by atoms with Crippen LogP contribution in [-0.2, 0) is 11.3 Å². The first-order valence-electron chi connectivity index (χ1n) is 5.37. The number of hydrogen-bond donors (Lipinski definition) is 0. The third-order valence-corrected chi connectivity index (χ3v) is 3.86. The van der Waals surface area contributed by atoms with Crippen molar-refractivity contribution in [2.75, 3.05) is 6.61 Å². The summed E-state index contributed by atoms with van der Waals surface area (Å²) >= 11 is 5.13. The van der Waals surface area contributed by atoms with Crippen molar-refractivity contribution < 1.29 is 4.74 Å². The standard InChI is InChI=1S/C14H13BrOS/c15-13-9-14(17-11-13)10-16-8-4-7-12-5-2-1-3-6-12/h1-7,9,11H,8,10H2. The van der Waals surface area contributed by atoms with E-state index in [9.17, 15) is 0 Å². The first-order valence-corrected chi connectivity index (χ1v) is 7.04. The molecule has 17 heavy (non-hydrogen) atoms. The number of benzene rings is 1. The highest BCUT2D eigenvalue weighted by atomic mass is 79.9. The van der Waals surface area contributed by atoms with E-state index in [1.54, 1.807) is 11.3 Å². The smallest absolute Gasteiger partial charge is 0.0814 e. The molecule has 0 spiro atoms. The average Bonchev–Trinajstić information content (AvgIpc) is 2.76. The summed E-state index contributed by atoms with van der Waals surface area (Å²) in [7, 11) is 0. The van der Waals surface area contributed by atoms with Crippen LogP contribution in [0.3, 0.4) is 0 Å². The van der Waals surface area contributed by atoms with Gasteiger partial charge in [-0.3, -0.25) is 0 Å². The predicted molar refractivity (Wildman–Crippen MR) is 77.2 cm³/mol. The van der Waals surface area contributed by atoms with Crippen LogP contribution >= 0.6 is 27.3 Å². The zero-order chi connectivity index (χ0) is 11.9. The van der Waals surface area contributed by atoms with Gasteiger partial charge < -0.3 is 4.74 Å². The highest BCUT2D eigenvalue weighted by Crippen LogP contribution is 2.20. The molecule has 0 saturated heterocycles. The quantitative estimate of drug-likeness (QED) is 0.725. The van der Waals surface area contributed by atoms with Crippen LogP contribution in [0.1, 0.15) is 10.4 Å². The summed E-state index contributed by atoms with van der Waals surface area (Å²) < 4.78 is 6.68. The van der Waals surface area contributed by atoms with E-state index in [2.05, 4.69) is 45.6 Å². The largest absolute Gasteiger partial charge is 0.372 e. The predicted octanol–water partition coefficient (Wildman–Crippen LogP) is 4.74. The molecule has 1 aromatic carbocycles. The van der Waals surface area contributed by atoms with Gasteiger partial charge in [0.1, 0.15) is 0 Å². The van der Waals surface area contributed by atoms with Gasteiger partial charge in [-0.25, -0.2) is 0 Å². The van der Waals surface area contributed by atoms with E-state index in [4.69, 9.17) is 4.74 Å². The van der Waals surface area contributed by atoms with Crippen LogP contribution < -0.4 is 0 Å². The van der Waals surface area contributed by atoms with Gasteiger partial charge in [0.05, 0.1) is 13.2 Å². The van der Waals surface area contributed by atoms with Crippen LogP contribution in [-0.4, -0.2) is 6.61 Å². The molecule has 2 aromatic rings. The lowest BCUT2D eigenvalue weighted by Crippen LogP contribution is -1.89. The third kappa shape index (κ3) is 4.46. The molecule has 0 N–H and O–H groups in total. The number of thiophene rings is 1. The Labute approximate surface area is 114 Å². The van der Waals surface area contributed by atoms with Crippen molar-refractivity contribution in [1.82, 2.24) is 0 Å². The Morgan fingerprint density at radius 2 is 2.06 bits per heavy atom. The molecule has 0 radical (unpaired) electrons. The monoisotopic (exact) mass is 308 g/mol. The molecule has 1 heterocycles. The minimum atomic E-state index is 0.643. The van der Waals surface area contributed by atoms with Gasteiger partial charge in [0.2, 0.25) is 0 Å². The minimum absolute atomic E-state index is 0.643. The zero-order valence-corrected chi connectivity index (χ0v) is 11.7. The summed E-state index contributed by atoms with van der Waals surface area (Å²) in [6.45, 7) is 1.32. The van der Waals surface area contributed by atoms with Gasteiger partial charge in [0, 0.05) is 14.7 Å². The van der Waals surface area contributed by atoms with Gasteiger partial charge >= 0.3 is 0 Å². The van der Waals surface area contributed by atoms with Gasteiger partial charge in [0.25, 0.3) is 0 Å². The molecule has 0 unspecified atom stereocenters. The molecular weight excluding hydrogens is 296 g/mol. The van der Waals surface area contributed by atoms with E-state index in [1.165, 1.54) is 10.4 Å². The molecule has 3 heteroatoms. The lowest BCUT2D eigenvalue weighted by atomic mass is 10.2. The highest BCUT2D eigenvalue weighted by Gasteiger charge is 1.96. The second-order valence-corrected chi connectivity index (χ2v) is 5.47. The first-order chi connectivity index (χ1) is 8.34. The zero-order valence-electron chi connectivity index (χ0n) is 9.30. The van der Waals surface area contributed by atoms with Gasteiger partial charge in [-0.1, -0.05) is 42.5 Å². The van der Waals surface area contributed by atoms with E-state index in [0.717, 1.165) is 4.47 Å². The van der Waals surface area contributed by atoms with Crippen molar-refractivity contribution >= 4 is 33.3 Å². The molecule has 0 aliphatic heterocycles. The van der Waals surface area contributed by atoms with Crippen LogP contribution in [0.5, 0.6) is 0 Å². The molecule has 0 amide bonds. The maximum Gasteiger partial charge on any atom is 0.0814 e. The van der Waals surface area contributed by atoms with E-state index in [0.29, 0.717) is 13.2 Å². The Morgan fingerprint density at radius 3 is 2.76 bits per heavy atom. The summed E-state index contributed by atoms with van der Waals surface area (Å²) in [5.74, 6) is 0. The topological polar surface area (TPSA) is 9.23 Å². The number of hydrogen-bond acceptors (Lipinski definition) is 2. The van der Waals surface area contributed by atoms with Crippen molar-refractivity contribution in [3.8, 4) is 0 Å². The lowest BCUT2D eigenvalue weighted by molar-refractivity contribution is 0.151. The normalized spacial score (nSPS) is 11.1. The second-order valence-electron chi connectivity index (χ2n) is 3.56. The fourth-order valence-electron chi connectivity index (χ4n) is 1.41. The lowest BCUT2D eigenvalue weighted by Gasteiger charge is -1.97. The minimum Gasteiger partial charge on any atom is -0.372 e. The van der Waals surface area contributed by atoms with Gasteiger partial charge in [-0.05, 0) is 27.6 Å². The Balaban J connectivity index is 1.71. The van der Waals surface area contributed by atoms with Gasteiger partial charge in [-0.15, -0.1) is 11.3 Å². The Bertz CT molecular complexity index is 476. The molecule has 88 valence electrons. The van der Waals surface area contributed by atoms with Crippen LogP contribution in [0.2, 0.25) is 0 Å². The summed E-state index contributed by atoms with van der Waals surface area (Å²) in [4.78, 5) is 1.24. The fraction of sp³-hybridized carbons (Fsp3) is 0.143. The van der Waals surface area contributed by atoms with E-state index >= 15 is 0 Å². The van der Waals surface area contributed by atoms with Gasteiger partial charge in [-0.2, -0.15) is 0 Å². The maximum atomic E-state index is 5.56.